The van der Waals surface area contributed by atoms with Crippen molar-refractivity contribution >= 4 is 23.4 Å². The first-order valence-corrected chi connectivity index (χ1v) is 9.24. The molecule has 0 bridgehead atoms. The lowest BCUT2D eigenvalue weighted by Crippen LogP contribution is -2.55. The van der Waals surface area contributed by atoms with Crippen LogP contribution in [0.4, 0.5) is 10.1 Å². The van der Waals surface area contributed by atoms with E-state index in [0.717, 1.165) is 0 Å². The Bertz CT molecular complexity index is 750. The first-order chi connectivity index (χ1) is 13.2. The van der Waals surface area contributed by atoms with Gasteiger partial charge in [-0.1, -0.05) is 6.58 Å². The molecule has 1 aliphatic heterocycles. The lowest BCUT2D eigenvalue weighted by Gasteiger charge is -2.29. The maximum Gasteiger partial charge on any atom is 0.250 e. The Morgan fingerprint density at radius 1 is 1.25 bits per heavy atom. The highest BCUT2D eigenvalue weighted by atomic mass is 19.1. The summed E-state index contributed by atoms with van der Waals surface area (Å²) in [6.45, 7) is 7.58. The van der Waals surface area contributed by atoms with E-state index in [1.807, 2.05) is 0 Å². The molecule has 1 fully saturated rings. The second kappa shape index (κ2) is 9.45. The number of hydrogen-bond acceptors (Lipinski definition) is 4. The molecule has 3 atom stereocenters. The van der Waals surface area contributed by atoms with Crippen molar-refractivity contribution in [2.24, 2.45) is 0 Å². The van der Waals surface area contributed by atoms with Gasteiger partial charge < -0.3 is 20.9 Å². The van der Waals surface area contributed by atoms with Crippen LogP contribution in [-0.4, -0.2) is 54.3 Å². The Kier molecular flexibility index (Phi) is 7.28. The van der Waals surface area contributed by atoms with Crippen molar-refractivity contribution in [3.05, 3.63) is 42.2 Å². The Labute approximate surface area is 164 Å². The number of nitrogens with one attached hydrogen (secondary N) is 3. The molecule has 3 amide bonds. The predicted molar refractivity (Wildman–Crippen MR) is 105 cm³/mol. The van der Waals surface area contributed by atoms with E-state index in [9.17, 15) is 18.8 Å². The average Bonchev–Trinajstić information content (AvgIpc) is 3.16. The Hall–Kier alpha value is -2.74. The van der Waals surface area contributed by atoms with E-state index in [4.69, 9.17) is 0 Å². The van der Waals surface area contributed by atoms with Crippen LogP contribution in [0.2, 0.25) is 0 Å². The van der Waals surface area contributed by atoms with Gasteiger partial charge in [0.05, 0.1) is 6.04 Å². The number of likely N-dealkylation sites (tertiary alicyclic amines) is 1. The van der Waals surface area contributed by atoms with Crippen LogP contribution in [0.3, 0.4) is 0 Å². The number of carbonyl (C=O) groups excluding carboxylic acids is 3. The van der Waals surface area contributed by atoms with Crippen molar-refractivity contribution in [1.82, 2.24) is 15.5 Å². The van der Waals surface area contributed by atoms with Crippen LogP contribution in [0.15, 0.2) is 36.4 Å². The standard InChI is InChI=1S/C20H27FN4O3/c1-12(2)17(24-18(26)13(3)22-4)20(28)25-11-5-6-16(25)19(27)23-15-9-7-14(21)8-10-15/h7-10,13,16-17,22H,1,5-6,11H2,2-4H3,(H,23,27)(H,24,26). The van der Waals surface area contributed by atoms with Crippen LogP contribution < -0.4 is 16.0 Å². The van der Waals surface area contributed by atoms with Crippen molar-refractivity contribution in [1.29, 1.82) is 0 Å². The highest BCUT2D eigenvalue weighted by Crippen LogP contribution is 2.21. The van der Waals surface area contributed by atoms with Gasteiger partial charge in [-0.25, -0.2) is 4.39 Å². The van der Waals surface area contributed by atoms with Crippen LogP contribution in [0.5, 0.6) is 0 Å². The number of hydrogen-bond donors (Lipinski definition) is 3. The molecular weight excluding hydrogens is 363 g/mol. The molecule has 0 spiro atoms. The Morgan fingerprint density at radius 2 is 1.89 bits per heavy atom. The van der Waals surface area contributed by atoms with Crippen molar-refractivity contribution in [2.75, 3.05) is 18.9 Å². The van der Waals surface area contributed by atoms with E-state index in [1.165, 1.54) is 29.2 Å². The van der Waals surface area contributed by atoms with Crippen molar-refractivity contribution in [3.63, 3.8) is 0 Å². The fraction of sp³-hybridized carbons (Fsp3) is 0.450. The lowest BCUT2D eigenvalue weighted by molar-refractivity contribution is -0.139. The lowest BCUT2D eigenvalue weighted by atomic mass is 10.1. The summed E-state index contributed by atoms with van der Waals surface area (Å²) in [4.78, 5) is 39.4. The summed E-state index contributed by atoms with van der Waals surface area (Å²) in [5.41, 5.74) is 0.949. The normalized spacial score (nSPS) is 18.3. The van der Waals surface area contributed by atoms with E-state index in [1.54, 1.807) is 20.9 Å². The van der Waals surface area contributed by atoms with Crippen LogP contribution >= 0.6 is 0 Å². The fourth-order valence-electron chi connectivity index (χ4n) is 3.02. The van der Waals surface area contributed by atoms with Gasteiger partial charge in [0, 0.05) is 12.2 Å². The SMILES string of the molecule is C=C(C)C(NC(=O)C(C)NC)C(=O)N1CCCC1C(=O)Nc1ccc(F)cc1. The molecule has 0 aliphatic carbocycles. The highest BCUT2D eigenvalue weighted by molar-refractivity contribution is 5.99. The van der Waals surface area contributed by atoms with Gasteiger partial charge in [-0.2, -0.15) is 0 Å². The molecule has 0 aromatic heterocycles. The second-order valence-corrected chi connectivity index (χ2v) is 6.98. The number of amides is 3. The molecule has 0 saturated carbocycles. The third-order valence-electron chi connectivity index (χ3n) is 4.80. The van der Waals surface area contributed by atoms with Crippen molar-refractivity contribution < 1.29 is 18.8 Å². The quantitative estimate of drug-likeness (QED) is 0.615. The molecule has 8 heteroatoms. The van der Waals surface area contributed by atoms with Crippen LogP contribution in [0.25, 0.3) is 0 Å². The molecule has 1 aromatic carbocycles. The van der Waals surface area contributed by atoms with E-state index in [2.05, 4.69) is 22.5 Å². The van der Waals surface area contributed by atoms with Gasteiger partial charge in [-0.3, -0.25) is 14.4 Å². The topological polar surface area (TPSA) is 90.5 Å². The zero-order valence-corrected chi connectivity index (χ0v) is 16.4. The first-order valence-electron chi connectivity index (χ1n) is 9.24. The summed E-state index contributed by atoms with van der Waals surface area (Å²) in [6.07, 6.45) is 1.19. The van der Waals surface area contributed by atoms with Gasteiger partial charge in [0.25, 0.3) is 0 Å². The maximum atomic E-state index is 13.0. The van der Waals surface area contributed by atoms with Crippen LogP contribution in [-0.2, 0) is 14.4 Å². The number of halogens is 1. The zero-order chi connectivity index (χ0) is 20.8. The first kappa shape index (κ1) is 21.6. The van der Waals surface area contributed by atoms with Crippen LogP contribution in [0.1, 0.15) is 26.7 Å². The third kappa shape index (κ3) is 5.16. The fourth-order valence-corrected chi connectivity index (χ4v) is 3.02. The summed E-state index contributed by atoms with van der Waals surface area (Å²) >= 11 is 0. The molecule has 152 valence electrons. The number of benzene rings is 1. The predicted octanol–water partition coefficient (Wildman–Crippen LogP) is 1.42. The van der Waals surface area contributed by atoms with Crippen LogP contribution in [0, 0.1) is 5.82 Å². The minimum Gasteiger partial charge on any atom is -0.339 e. The average molecular weight is 390 g/mol. The molecular formula is C20H27FN4O3. The minimum absolute atomic E-state index is 0.324. The summed E-state index contributed by atoms with van der Waals surface area (Å²) in [7, 11) is 1.65. The molecule has 7 nitrogen and oxygen atoms in total. The molecule has 3 N–H and O–H groups in total. The summed E-state index contributed by atoms with van der Waals surface area (Å²) in [6, 6.07) is 3.41. The molecule has 1 aliphatic rings. The zero-order valence-electron chi connectivity index (χ0n) is 16.4. The summed E-state index contributed by atoms with van der Waals surface area (Å²) in [5, 5.41) is 8.22. The Morgan fingerprint density at radius 3 is 2.46 bits per heavy atom. The smallest absolute Gasteiger partial charge is 0.250 e. The van der Waals surface area contributed by atoms with E-state index < -0.39 is 23.9 Å². The largest absolute Gasteiger partial charge is 0.339 e. The molecule has 1 aromatic rings. The minimum atomic E-state index is -0.900. The molecule has 1 saturated heterocycles. The molecule has 3 unspecified atom stereocenters. The monoisotopic (exact) mass is 390 g/mol. The number of anilines is 1. The number of nitrogens with zero attached hydrogens (tertiary/aromatic N) is 1. The van der Waals surface area contributed by atoms with Gasteiger partial charge in [-0.05, 0) is 63.6 Å². The van der Waals surface area contributed by atoms with E-state index >= 15 is 0 Å². The van der Waals surface area contributed by atoms with Gasteiger partial charge in [0.1, 0.15) is 17.9 Å². The van der Waals surface area contributed by atoms with Gasteiger partial charge in [-0.15, -0.1) is 0 Å². The van der Waals surface area contributed by atoms with E-state index in [-0.39, 0.29) is 17.7 Å². The third-order valence-corrected chi connectivity index (χ3v) is 4.80. The summed E-state index contributed by atoms with van der Waals surface area (Å²) in [5.74, 6) is -1.42. The summed E-state index contributed by atoms with van der Waals surface area (Å²) < 4.78 is 13.0. The van der Waals surface area contributed by atoms with Gasteiger partial charge in [0.2, 0.25) is 17.7 Å². The Balaban J connectivity index is 2.10. The number of likely N-dealkylation sites (N-methyl/N-ethyl adjacent to an activating group) is 1. The van der Waals surface area contributed by atoms with Gasteiger partial charge in [0.15, 0.2) is 0 Å². The van der Waals surface area contributed by atoms with Gasteiger partial charge >= 0.3 is 0 Å². The van der Waals surface area contributed by atoms with Crippen molar-refractivity contribution in [2.45, 2.75) is 44.8 Å². The number of carbonyl (C=O) groups is 3. The molecule has 1 heterocycles. The van der Waals surface area contributed by atoms with Crippen molar-refractivity contribution in [3.8, 4) is 0 Å². The van der Waals surface area contributed by atoms with E-state index in [0.29, 0.717) is 30.6 Å². The maximum absolute atomic E-state index is 13.0. The number of rotatable bonds is 7. The second-order valence-electron chi connectivity index (χ2n) is 6.98. The highest BCUT2D eigenvalue weighted by Gasteiger charge is 2.38. The molecule has 28 heavy (non-hydrogen) atoms. The molecule has 2 rings (SSSR count). The molecule has 0 radical (unpaired) electrons.